The lowest BCUT2D eigenvalue weighted by molar-refractivity contribution is 0.0985. The third-order valence-electron chi connectivity index (χ3n) is 5.93. The summed E-state index contributed by atoms with van der Waals surface area (Å²) in [7, 11) is -3.26. The van der Waals surface area contributed by atoms with E-state index >= 15 is 0 Å². The van der Waals surface area contributed by atoms with Crippen molar-refractivity contribution in [2.75, 3.05) is 30.9 Å². The van der Waals surface area contributed by atoms with Crippen LogP contribution >= 0.6 is 11.5 Å². The average molecular weight is 434 g/mol. The maximum absolute atomic E-state index is 12.7. The van der Waals surface area contributed by atoms with Gasteiger partial charge in [0.2, 0.25) is 0 Å². The van der Waals surface area contributed by atoms with E-state index in [1.807, 2.05) is 19.1 Å². The van der Waals surface area contributed by atoms with Gasteiger partial charge in [-0.05, 0) is 55.9 Å². The van der Waals surface area contributed by atoms with Crippen molar-refractivity contribution in [1.29, 1.82) is 0 Å². The minimum atomic E-state index is -3.26. The topological polar surface area (TPSA) is 101 Å². The Labute approximate surface area is 173 Å². The fourth-order valence-electron chi connectivity index (χ4n) is 4.12. The zero-order valence-electron chi connectivity index (χ0n) is 16.6. The largest absolute Gasteiger partial charge is 0.377 e. The van der Waals surface area contributed by atoms with Crippen molar-refractivity contribution in [2.24, 2.45) is 0 Å². The maximum Gasteiger partial charge on any atom is 0.157 e. The molecule has 29 heavy (non-hydrogen) atoms. The number of rotatable bonds is 4. The number of aromatic amines is 1. The number of morpholine rings is 1. The van der Waals surface area contributed by atoms with E-state index in [4.69, 9.17) is 9.72 Å². The minimum absolute atomic E-state index is 0.164. The summed E-state index contributed by atoms with van der Waals surface area (Å²) in [6.07, 6.45) is 2.61. The van der Waals surface area contributed by atoms with Crippen LogP contribution in [-0.4, -0.2) is 60.0 Å². The molecule has 2 aliphatic rings. The van der Waals surface area contributed by atoms with Crippen molar-refractivity contribution >= 4 is 37.4 Å². The van der Waals surface area contributed by atoms with Gasteiger partial charge in [-0.15, -0.1) is 0 Å². The highest BCUT2D eigenvalue weighted by Crippen LogP contribution is 2.55. The van der Waals surface area contributed by atoms with E-state index in [1.54, 1.807) is 0 Å². The summed E-state index contributed by atoms with van der Waals surface area (Å²) in [4.78, 5) is 7.14. The molecule has 0 radical (unpaired) electrons. The Morgan fingerprint density at radius 3 is 2.76 bits per heavy atom. The standard InChI is InChI=1S/C19H23N5O3S2/c1-11-8-14(22-21-11)16-17-18(28-23-16)13(19(4-5-19)29(3,25)26)9-15(20-17)24-6-7-27-10-12(24)2/h8-9,12H,4-7,10H2,1-3H3,(H,21,22). The van der Waals surface area contributed by atoms with E-state index < -0.39 is 14.6 Å². The number of fused-ring (bicyclic) bond motifs is 1. The molecular formula is C19H23N5O3S2. The van der Waals surface area contributed by atoms with E-state index in [-0.39, 0.29) is 6.04 Å². The second kappa shape index (κ2) is 6.48. The fourth-order valence-corrected chi connectivity index (χ4v) is 6.53. The van der Waals surface area contributed by atoms with Crippen LogP contribution in [0.5, 0.6) is 0 Å². The summed E-state index contributed by atoms with van der Waals surface area (Å²) in [5.74, 6) is 0.784. The minimum Gasteiger partial charge on any atom is -0.377 e. The van der Waals surface area contributed by atoms with Crippen LogP contribution in [0.25, 0.3) is 21.6 Å². The summed E-state index contributed by atoms with van der Waals surface area (Å²) in [6, 6.07) is 4.07. The van der Waals surface area contributed by atoms with E-state index in [2.05, 4.69) is 26.4 Å². The maximum atomic E-state index is 12.7. The first-order valence-electron chi connectivity index (χ1n) is 9.67. The molecular weight excluding hydrogens is 410 g/mol. The molecule has 0 bridgehead atoms. The number of H-pyrrole nitrogens is 1. The molecule has 1 aliphatic carbocycles. The Morgan fingerprint density at radius 2 is 2.14 bits per heavy atom. The predicted octanol–water partition coefficient (Wildman–Crippen LogP) is 2.65. The lowest BCUT2D eigenvalue weighted by Gasteiger charge is -2.34. The number of aryl methyl sites for hydroxylation is 1. The monoisotopic (exact) mass is 433 g/mol. The lowest BCUT2D eigenvalue weighted by atomic mass is 10.1. The summed E-state index contributed by atoms with van der Waals surface area (Å²) in [5.41, 5.74) is 3.91. The molecule has 0 amide bonds. The molecule has 4 heterocycles. The van der Waals surface area contributed by atoms with Crippen molar-refractivity contribution in [2.45, 2.75) is 37.5 Å². The predicted molar refractivity (Wildman–Crippen MR) is 113 cm³/mol. The van der Waals surface area contributed by atoms with Gasteiger partial charge < -0.3 is 9.64 Å². The highest BCUT2D eigenvalue weighted by Gasteiger charge is 2.55. The molecule has 1 saturated heterocycles. The number of aromatic nitrogens is 4. The zero-order valence-corrected chi connectivity index (χ0v) is 18.2. The van der Waals surface area contributed by atoms with Crippen molar-refractivity contribution in [3.8, 4) is 11.4 Å². The van der Waals surface area contributed by atoms with Gasteiger partial charge in [0.05, 0.1) is 28.7 Å². The van der Waals surface area contributed by atoms with Crippen molar-refractivity contribution in [3.63, 3.8) is 0 Å². The molecule has 2 fully saturated rings. The van der Waals surface area contributed by atoms with Gasteiger partial charge in [0.25, 0.3) is 0 Å². The van der Waals surface area contributed by atoms with Gasteiger partial charge in [0, 0.05) is 18.5 Å². The molecule has 3 aromatic heterocycles. The molecule has 10 heteroatoms. The Bertz CT molecular complexity index is 1200. The normalized spacial score (nSPS) is 21.6. The first kappa shape index (κ1) is 19.0. The number of pyridine rings is 1. The third-order valence-corrected chi connectivity index (χ3v) is 8.84. The van der Waals surface area contributed by atoms with E-state index in [1.165, 1.54) is 17.8 Å². The smallest absolute Gasteiger partial charge is 0.157 e. The Balaban J connectivity index is 1.76. The highest BCUT2D eigenvalue weighted by molar-refractivity contribution is 7.92. The van der Waals surface area contributed by atoms with E-state index in [0.717, 1.165) is 39.5 Å². The van der Waals surface area contributed by atoms with Crippen LogP contribution in [0, 0.1) is 6.92 Å². The van der Waals surface area contributed by atoms with Crippen LogP contribution in [0.1, 0.15) is 31.0 Å². The van der Waals surface area contributed by atoms with Gasteiger partial charge >= 0.3 is 0 Å². The van der Waals surface area contributed by atoms with Crippen molar-refractivity contribution < 1.29 is 13.2 Å². The molecule has 1 atom stereocenters. The molecule has 1 unspecified atom stereocenters. The van der Waals surface area contributed by atoms with Gasteiger partial charge in [-0.3, -0.25) is 5.10 Å². The van der Waals surface area contributed by atoms with Crippen LogP contribution in [0.2, 0.25) is 0 Å². The Kier molecular flexibility index (Phi) is 4.24. The number of hydrogen-bond acceptors (Lipinski definition) is 8. The van der Waals surface area contributed by atoms with Crippen LogP contribution in [0.3, 0.4) is 0 Å². The van der Waals surface area contributed by atoms with Crippen molar-refractivity contribution in [3.05, 3.63) is 23.4 Å². The zero-order chi connectivity index (χ0) is 20.4. The quantitative estimate of drug-likeness (QED) is 0.675. The van der Waals surface area contributed by atoms with Gasteiger partial charge in [0.15, 0.2) is 9.84 Å². The fraction of sp³-hybridized carbons (Fsp3) is 0.526. The van der Waals surface area contributed by atoms with Crippen molar-refractivity contribution in [1.82, 2.24) is 19.6 Å². The summed E-state index contributed by atoms with van der Waals surface area (Å²) < 4.78 is 35.6. The molecule has 0 spiro atoms. The SMILES string of the molecule is Cc1cc(-c2nsc3c(C4(S(C)(=O)=O)CC4)cc(N4CCOCC4C)nc23)n[nH]1. The summed E-state index contributed by atoms with van der Waals surface area (Å²) in [6.45, 7) is 6.01. The van der Waals surface area contributed by atoms with Gasteiger partial charge in [-0.25, -0.2) is 13.4 Å². The van der Waals surface area contributed by atoms with Crippen LogP contribution in [0.15, 0.2) is 12.1 Å². The average Bonchev–Trinajstić information content (AvgIpc) is 3.23. The molecule has 1 aliphatic heterocycles. The van der Waals surface area contributed by atoms with E-state index in [0.29, 0.717) is 31.7 Å². The Morgan fingerprint density at radius 1 is 1.34 bits per heavy atom. The first-order chi connectivity index (χ1) is 13.8. The van der Waals surface area contributed by atoms with Crippen LogP contribution in [0.4, 0.5) is 5.82 Å². The number of nitrogens with zero attached hydrogens (tertiary/aromatic N) is 4. The number of nitrogens with one attached hydrogen (secondary N) is 1. The van der Waals surface area contributed by atoms with Gasteiger partial charge in [0.1, 0.15) is 22.7 Å². The summed E-state index contributed by atoms with van der Waals surface area (Å²) >= 11 is 1.31. The number of anilines is 1. The second-order valence-corrected chi connectivity index (χ2v) is 11.2. The Hall–Kier alpha value is -2.04. The molecule has 1 N–H and O–H groups in total. The molecule has 3 aromatic rings. The molecule has 8 nitrogen and oxygen atoms in total. The van der Waals surface area contributed by atoms with E-state index in [9.17, 15) is 8.42 Å². The molecule has 154 valence electrons. The molecule has 0 aromatic carbocycles. The molecule has 1 saturated carbocycles. The lowest BCUT2D eigenvalue weighted by Crippen LogP contribution is -2.44. The highest BCUT2D eigenvalue weighted by atomic mass is 32.2. The number of ether oxygens (including phenoxy) is 1. The number of sulfone groups is 1. The van der Waals surface area contributed by atoms with Gasteiger partial charge in [-0.2, -0.15) is 9.47 Å². The second-order valence-electron chi connectivity index (χ2n) is 8.06. The summed E-state index contributed by atoms with van der Waals surface area (Å²) in [5, 5.41) is 7.30. The number of hydrogen-bond donors (Lipinski definition) is 1. The molecule has 5 rings (SSSR count). The van der Waals surface area contributed by atoms with Crippen LogP contribution < -0.4 is 4.90 Å². The first-order valence-corrected chi connectivity index (χ1v) is 12.3. The van der Waals surface area contributed by atoms with Crippen LogP contribution in [-0.2, 0) is 19.3 Å². The van der Waals surface area contributed by atoms with Gasteiger partial charge in [-0.1, -0.05) is 0 Å². The third kappa shape index (κ3) is 2.96.